The van der Waals surface area contributed by atoms with Crippen LogP contribution < -0.4 is 0 Å². The van der Waals surface area contributed by atoms with Crippen molar-refractivity contribution in [1.29, 1.82) is 0 Å². The number of hydrogen-bond acceptors (Lipinski definition) is 1. The highest BCUT2D eigenvalue weighted by Crippen LogP contribution is 2.09. The molecule has 1 aromatic carbocycles. The molecule has 0 amide bonds. The molecule has 58 valence electrons. The molecule has 0 atom stereocenters. The fourth-order valence-electron chi connectivity index (χ4n) is 0.886. The fraction of sp³-hybridized carbons (Fsp3) is 0.200. The Morgan fingerprint density at radius 3 is 2.45 bits per heavy atom. The Bertz CT molecular complexity index is 234. The lowest BCUT2D eigenvalue weighted by Crippen LogP contribution is -1.77. The van der Waals surface area contributed by atoms with E-state index in [2.05, 4.69) is 6.08 Å². The maximum absolute atomic E-state index is 8.96. The Labute approximate surface area is 67.0 Å². The first-order valence-electron chi connectivity index (χ1n) is 3.72. The molecule has 1 heteroatoms. The van der Waals surface area contributed by atoms with Crippen molar-refractivity contribution in [2.24, 2.45) is 0 Å². The summed E-state index contributed by atoms with van der Waals surface area (Å²) in [5.74, 6) is 0.328. The second kappa shape index (κ2) is 3.81. The molecule has 1 aromatic rings. The number of allylic oxidation sites excluding steroid dienone is 2. The molecule has 0 saturated heterocycles. The Kier molecular flexibility index (Phi) is 2.73. The van der Waals surface area contributed by atoms with E-state index in [1.54, 1.807) is 12.1 Å². The summed E-state index contributed by atoms with van der Waals surface area (Å²) in [6.45, 7) is 2.00. The molecular formula is C10H12O. The molecule has 11 heavy (non-hydrogen) atoms. The van der Waals surface area contributed by atoms with Gasteiger partial charge in [0.25, 0.3) is 0 Å². The summed E-state index contributed by atoms with van der Waals surface area (Å²) in [6, 6.07) is 7.27. The first-order chi connectivity index (χ1) is 5.33. The summed E-state index contributed by atoms with van der Waals surface area (Å²) >= 11 is 0. The smallest absolute Gasteiger partial charge is 0.115 e. The molecule has 1 N–H and O–H groups in total. The van der Waals surface area contributed by atoms with Gasteiger partial charge in [0.05, 0.1) is 0 Å². The predicted molar refractivity (Wildman–Crippen MR) is 46.6 cm³/mol. The number of aromatic hydroxyl groups is 1. The largest absolute Gasteiger partial charge is 0.508 e. The van der Waals surface area contributed by atoms with Crippen LogP contribution in [-0.4, -0.2) is 5.11 Å². The molecule has 0 aliphatic carbocycles. The lowest BCUT2D eigenvalue weighted by Gasteiger charge is -1.95. The average molecular weight is 148 g/mol. The summed E-state index contributed by atoms with van der Waals surface area (Å²) in [5.41, 5.74) is 1.22. The number of phenolic OH excluding ortho intramolecular Hbond substituents is 1. The van der Waals surface area contributed by atoms with Gasteiger partial charge in [-0.25, -0.2) is 0 Å². The second-order valence-corrected chi connectivity index (χ2v) is 2.44. The minimum atomic E-state index is 0.328. The third kappa shape index (κ3) is 2.46. The molecule has 0 radical (unpaired) electrons. The number of benzene rings is 1. The molecule has 0 aromatic heterocycles. The molecule has 0 aliphatic rings. The maximum atomic E-state index is 8.96. The molecule has 0 aliphatic heterocycles. The second-order valence-electron chi connectivity index (χ2n) is 2.44. The molecule has 0 bridgehead atoms. The van der Waals surface area contributed by atoms with E-state index in [-0.39, 0.29) is 0 Å². The predicted octanol–water partition coefficient (Wildman–Crippen LogP) is 2.51. The minimum absolute atomic E-state index is 0.328. The highest BCUT2D eigenvalue weighted by molar-refractivity contribution is 5.26. The van der Waals surface area contributed by atoms with Crippen LogP contribution in [0.15, 0.2) is 36.4 Å². The van der Waals surface area contributed by atoms with Crippen LogP contribution >= 0.6 is 0 Å². The van der Waals surface area contributed by atoms with E-state index in [9.17, 15) is 0 Å². The minimum Gasteiger partial charge on any atom is -0.508 e. The zero-order valence-corrected chi connectivity index (χ0v) is 6.62. The zero-order valence-electron chi connectivity index (χ0n) is 6.62. The summed E-state index contributed by atoms with van der Waals surface area (Å²) in [5, 5.41) is 8.96. The lowest BCUT2D eigenvalue weighted by molar-refractivity contribution is 0.475. The van der Waals surface area contributed by atoms with Crippen molar-refractivity contribution in [3.05, 3.63) is 42.0 Å². The molecular weight excluding hydrogens is 136 g/mol. The van der Waals surface area contributed by atoms with Crippen LogP contribution in [0.4, 0.5) is 0 Å². The first kappa shape index (κ1) is 7.86. The fourth-order valence-corrected chi connectivity index (χ4v) is 0.886. The normalized spacial score (nSPS) is 10.6. The molecule has 0 fully saturated rings. The van der Waals surface area contributed by atoms with E-state index in [0.29, 0.717) is 5.75 Å². The van der Waals surface area contributed by atoms with Gasteiger partial charge in [-0.1, -0.05) is 24.3 Å². The van der Waals surface area contributed by atoms with Gasteiger partial charge >= 0.3 is 0 Å². The topological polar surface area (TPSA) is 20.2 Å². The Hall–Kier alpha value is -1.24. The van der Waals surface area contributed by atoms with Gasteiger partial charge in [-0.05, 0) is 31.0 Å². The van der Waals surface area contributed by atoms with Gasteiger partial charge in [0.15, 0.2) is 0 Å². The number of phenols is 1. The van der Waals surface area contributed by atoms with Crippen molar-refractivity contribution in [1.82, 2.24) is 0 Å². The van der Waals surface area contributed by atoms with Crippen LogP contribution in [0.25, 0.3) is 0 Å². The summed E-state index contributed by atoms with van der Waals surface area (Å²) < 4.78 is 0. The van der Waals surface area contributed by atoms with Gasteiger partial charge in [-0.3, -0.25) is 0 Å². The van der Waals surface area contributed by atoms with Crippen LogP contribution in [-0.2, 0) is 6.42 Å². The SMILES string of the molecule is CC=CCc1ccc(O)cc1. The molecule has 0 spiro atoms. The van der Waals surface area contributed by atoms with Gasteiger partial charge in [-0.2, -0.15) is 0 Å². The number of rotatable bonds is 2. The molecule has 0 heterocycles. The summed E-state index contributed by atoms with van der Waals surface area (Å²) in [6.07, 6.45) is 5.05. The maximum Gasteiger partial charge on any atom is 0.115 e. The zero-order chi connectivity index (χ0) is 8.10. The molecule has 1 rings (SSSR count). The highest BCUT2D eigenvalue weighted by atomic mass is 16.3. The third-order valence-corrected chi connectivity index (χ3v) is 1.53. The van der Waals surface area contributed by atoms with Crippen LogP contribution in [0, 0.1) is 0 Å². The van der Waals surface area contributed by atoms with E-state index in [0.717, 1.165) is 6.42 Å². The van der Waals surface area contributed by atoms with Gasteiger partial charge in [-0.15, -0.1) is 0 Å². The molecule has 0 unspecified atom stereocenters. The van der Waals surface area contributed by atoms with Gasteiger partial charge in [0, 0.05) is 0 Å². The quantitative estimate of drug-likeness (QED) is 0.639. The van der Waals surface area contributed by atoms with Crippen molar-refractivity contribution in [3.63, 3.8) is 0 Å². The van der Waals surface area contributed by atoms with E-state index < -0.39 is 0 Å². The van der Waals surface area contributed by atoms with Crippen molar-refractivity contribution in [2.45, 2.75) is 13.3 Å². The van der Waals surface area contributed by atoms with Crippen molar-refractivity contribution < 1.29 is 5.11 Å². The average Bonchev–Trinajstić information content (AvgIpc) is 2.04. The summed E-state index contributed by atoms with van der Waals surface area (Å²) in [4.78, 5) is 0. The van der Waals surface area contributed by atoms with Crippen LogP contribution in [0.5, 0.6) is 5.75 Å². The van der Waals surface area contributed by atoms with Crippen LogP contribution in [0.2, 0.25) is 0 Å². The van der Waals surface area contributed by atoms with E-state index in [4.69, 9.17) is 5.11 Å². The monoisotopic (exact) mass is 148 g/mol. The van der Waals surface area contributed by atoms with Gasteiger partial charge in [0.1, 0.15) is 5.75 Å². The molecule has 1 nitrogen and oxygen atoms in total. The van der Waals surface area contributed by atoms with E-state index in [1.807, 2.05) is 25.1 Å². The highest BCUT2D eigenvalue weighted by Gasteiger charge is 1.88. The first-order valence-corrected chi connectivity index (χ1v) is 3.72. The standard InChI is InChI=1S/C10H12O/c1-2-3-4-9-5-7-10(11)8-6-9/h2-3,5-8,11H,4H2,1H3. The summed E-state index contributed by atoms with van der Waals surface area (Å²) in [7, 11) is 0. The number of hydrogen-bond donors (Lipinski definition) is 1. The third-order valence-electron chi connectivity index (χ3n) is 1.53. The van der Waals surface area contributed by atoms with Crippen molar-refractivity contribution in [2.75, 3.05) is 0 Å². The molecule has 0 saturated carbocycles. The Balaban J connectivity index is 2.66. The van der Waals surface area contributed by atoms with Crippen molar-refractivity contribution in [3.8, 4) is 5.75 Å². The van der Waals surface area contributed by atoms with E-state index in [1.165, 1.54) is 5.56 Å². The van der Waals surface area contributed by atoms with Gasteiger partial charge < -0.3 is 5.11 Å². The van der Waals surface area contributed by atoms with Crippen molar-refractivity contribution >= 4 is 0 Å². The van der Waals surface area contributed by atoms with Crippen LogP contribution in [0.3, 0.4) is 0 Å². The lowest BCUT2D eigenvalue weighted by atomic mass is 10.1. The Morgan fingerprint density at radius 1 is 1.27 bits per heavy atom. The Morgan fingerprint density at radius 2 is 1.91 bits per heavy atom. The van der Waals surface area contributed by atoms with E-state index >= 15 is 0 Å². The van der Waals surface area contributed by atoms with Gasteiger partial charge in [0.2, 0.25) is 0 Å². The van der Waals surface area contributed by atoms with Crippen LogP contribution in [0.1, 0.15) is 12.5 Å².